The average Bonchev–Trinajstić information content (AvgIpc) is 2.41. The van der Waals surface area contributed by atoms with Crippen LogP contribution in [0.5, 0.6) is 0 Å². The Balaban J connectivity index is 2.12. The third-order valence-electron chi connectivity index (χ3n) is 3.02. The van der Waals surface area contributed by atoms with Gasteiger partial charge in [-0.2, -0.15) is 5.10 Å². The number of anilines is 1. The quantitative estimate of drug-likeness (QED) is 0.782. The van der Waals surface area contributed by atoms with Gasteiger partial charge in [-0.25, -0.2) is 9.07 Å². The molecule has 15 heavy (non-hydrogen) atoms. The molecule has 0 atom stereocenters. The van der Waals surface area contributed by atoms with Crippen LogP contribution < -0.4 is 5.73 Å². The number of nitrogens with zero attached hydrogens (tertiary/aromatic N) is 2. The topological polar surface area (TPSA) is 64.1 Å². The van der Waals surface area contributed by atoms with E-state index in [0.717, 1.165) is 12.8 Å². The predicted octanol–water partition coefficient (Wildman–Crippen LogP) is 0.939. The monoisotopic (exact) mass is 213 g/mol. The van der Waals surface area contributed by atoms with E-state index in [1.54, 1.807) is 0 Å². The van der Waals surface area contributed by atoms with Crippen LogP contribution in [0.1, 0.15) is 25.0 Å². The molecule has 4 nitrogen and oxygen atoms in total. The first-order chi connectivity index (χ1) is 7.22. The molecule has 0 bridgehead atoms. The summed E-state index contributed by atoms with van der Waals surface area (Å²) in [4.78, 5) is 0. The van der Waals surface area contributed by atoms with Crippen molar-refractivity contribution in [3.8, 4) is 0 Å². The summed E-state index contributed by atoms with van der Waals surface area (Å²) >= 11 is 0. The fraction of sp³-hybridized carbons (Fsp3) is 0.700. The maximum Gasteiger partial charge on any atom is 0.188 e. The Kier molecular flexibility index (Phi) is 2.90. The van der Waals surface area contributed by atoms with Gasteiger partial charge in [0, 0.05) is 0 Å². The molecule has 1 aliphatic rings. The predicted molar refractivity (Wildman–Crippen MR) is 54.7 cm³/mol. The number of nitrogens with two attached hydrogens (primary N) is 1. The van der Waals surface area contributed by atoms with E-state index in [1.807, 2.05) is 0 Å². The normalized spacial score (nSPS) is 16.7. The lowest BCUT2D eigenvalue weighted by Gasteiger charge is -2.24. The van der Waals surface area contributed by atoms with Crippen molar-refractivity contribution in [1.29, 1.82) is 0 Å². The molecule has 1 heterocycles. The molecule has 0 amide bonds. The van der Waals surface area contributed by atoms with Gasteiger partial charge < -0.3 is 10.8 Å². The van der Waals surface area contributed by atoms with Crippen LogP contribution in [0.3, 0.4) is 0 Å². The Hall–Kier alpha value is -1.10. The largest absolute Gasteiger partial charge is 0.394 e. The van der Waals surface area contributed by atoms with Gasteiger partial charge in [-0.15, -0.1) is 0 Å². The van der Waals surface area contributed by atoms with E-state index < -0.39 is 5.82 Å². The maximum atomic E-state index is 13.6. The molecule has 0 radical (unpaired) electrons. The van der Waals surface area contributed by atoms with Crippen LogP contribution in [-0.2, 0) is 13.0 Å². The van der Waals surface area contributed by atoms with Gasteiger partial charge in [0.15, 0.2) is 11.6 Å². The number of hydrogen-bond acceptors (Lipinski definition) is 3. The van der Waals surface area contributed by atoms with Crippen molar-refractivity contribution in [1.82, 2.24) is 9.78 Å². The van der Waals surface area contributed by atoms with Crippen LogP contribution in [0.4, 0.5) is 10.2 Å². The molecule has 0 aromatic carbocycles. The summed E-state index contributed by atoms with van der Waals surface area (Å²) in [6.07, 6.45) is 4.23. The molecule has 2 rings (SSSR count). The number of hydrogen-bond donors (Lipinski definition) is 2. The molecule has 1 saturated carbocycles. The van der Waals surface area contributed by atoms with Crippen molar-refractivity contribution in [2.24, 2.45) is 5.92 Å². The summed E-state index contributed by atoms with van der Waals surface area (Å²) < 4.78 is 14.9. The third kappa shape index (κ3) is 1.97. The summed E-state index contributed by atoms with van der Waals surface area (Å²) in [5, 5.41) is 12.8. The molecule has 0 saturated heterocycles. The molecule has 1 aliphatic carbocycles. The fourth-order valence-corrected chi connectivity index (χ4v) is 1.87. The Morgan fingerprint density at radius 2 is 2.27 bits per heavy atom. The minimum Gasteiger partial charge on any atom is -0.394 e. The summed E-state index contributed by atoms with van der Waals surface area (Å²) in [5.41, 5.74) is 5.99. The number of halogens is 1. The minimum absolute atomic E-state index is 0.0402. The van der Waals surface area contributed by atoms with Crippen molar-refractivity contribution in [2.45, 2.75) is 32.2 Å². The van der Waals surface area contributed by atoms with Crippen LogP contribution in [0.25, 0.3) is 0 Å². The molecule has 1 aromatic heterocycles. The molecule has 0 aliphatic heterocycles. The van der Waals surface area contributed by atoms with E-state index in [9.17, 15) is 4.39 Å². The van der Waals surface area contributed by atoms with E-state index in [1.165, 1.54) is 11.1 Å². The highest BCUT2D eigenvalue weighted by atomic mass is 19.1. The average molecular weight is 213 g/mol. The number of aromatic nitrogens is 2. The van der Waals surface area contributed by atoms with Crippen molar-refractivity contribution < 1.29 is 9.50 Å². The number of aliphatic hydroxyl groups is 1. The molecule has 0 spiro atoms. The Bertz CT molecular complexity index is 347. The molecule has 0 unspecified atom stereocenters. The maximum absolute atomic E-state index is 13.6. The zero-order valence-corrected chi connectivity index (χ0v) is 8.62. The smallest absolute Gasteiger partial charge is 0.188 e. The molecular weight excluding hydrogens is 197 g/mol. The second kappa shape index (κ2) is 4.18. The van der Waals surface area contributed by atoms with Crippen molar-refractivity contribution in [3.63, 3.8) is 0 Å². The summed E-state index contributed by atoms with van der Waals surface area (Å²) in [5.74, 6) is 0.199. The molecule has 5 heteroatoms. The minimum atomic E-state index is -0.407. The summed E-state index contributed by atoms with van der Waals surface area (Å²) in [7, 11) is 0. The van der Waals surface area contributed by atoms with Gasteiger partial charge in [0.05, 0.1) is 13.2 Å². The van der Waals surface area contributed by atoms with Gasteiger partial charge >= 0.3 is 0 Å². The van der Waals surface area contributed by atoms with Crippen LogP contribution in [0.15, 0.2) is 0 Å². The van der Waals surface area contributed by atoms with E-state index in [2.05, 4.69) is 5.10 Å². The van der Waals surface area contributed by atoms with Crippen molar-refractivity contribution >= 4 is 5.82 Å². The lowest BCUT2D eigenvalue weighted by Crippen LogP contribution is -2.15. The first kappa shape index (κ1) is 10.4. The van der Waals surface area contributed by atoms with Gasteiger partial charge in [-0.3, -0.25) is 0 Å². The zero-order valence-electron chi connectivity index (χ0n) is 8.62. The molecule has 1 aromatic rings. The van der Waals surface area contributed by atoms with Crippen molar-refractivity contribution in [2.75, 3.05) is 12.3 Å². The van der Waals surface area contributed by atoms with Crippen LogP contribution in [0, 0.1) is 11.7 Å². The fourth-order valence-electron chi connectivity index (χ4n) is 1.87. The number of aliphatic hydroxyl groups excluding tert-OH is 1. The third-order valence-corrected chi connectivity index (χ3v) is 3.02. The van der Waals surface area contributed by atoms with Crippen LogP contribution in [0.2, 0.25) is 0 Å². The lowest BCUT2D eigenvalue weighted by molar-refractivity contribution is 0.269. The molecule has 84 valence electrons. The van der Waals surface area contributed by atoms with E-state index in [4.69, 9.17) is 10.8 Å². The molecule has 1 fully saturated rings. The van der Waals surface area contributed by atoms with Gasteiger partial charge in [0.1, 0.15) is 5.69 Å². The van der Waals surface area contributed by atoms with Gasteiger partial charge in [-0.1, -0.05) is 19.3 Å². The Labute approximate surface area is 87.9 Å². The van der Waals surface area contributed by atoms with Gasteiger partial charge in [0.25, 0.3) is 0 Å². The van der Waals surface area contributed by atoms with E-state index in [-0.39, 0.29) is 19.0 Å². The SMILES string of the molecule is Nc1c(F)c(CC2CCC2)nn1CCO. The highest BCUT2D eigenvalue weighted by molar-refractivity contribution is 5.33. The van der Waals surface area contributed by atoms with Crippen LogP contribution >= 0.6 is 0 Å². The highest BCUT2D eigenvalue weighted by Crippen LogP contribution is 2.30. The Morgan fingerprint density at radius 3 is 2.80 bits per heavy atom. The van der Waals surface area contributed by atoms with E-state index >= 15 is 0 Å². The van der Waals surface area contributed by atoms with E-state index in [0.29, 0.717) is 18.0 Å². The second-order valence-corrected chi connectivity index (χ2v) is 4.09. The van der Waals surface area contributed by atoms with Crippen LogP contribution in [-0.4, -0.2) is 21.5 Å². The first-order valence-electron chi connectivity index (χ1n) is 5.34. The number of rotatable bonds is 4. The second-order valence-electron chi connectivity index (χ2n) is 4.09. The van der Waals surface area contributed by atoms with Gasteiger partial charge in [0.2, 0.25) is 0 Å². The molecular formula is C10H16FN3O. The van der Waals surface area contributed by atoms with Crippen molar-refractivity contribution in [3.05, 3.63) is 11.5 Å². The number of nitrogen functional groups attached to an aromatic ring is 1. The molecule has 3 N–H and O–H groups in total. The first-order valence-corrected chi connectivity index (χ1v) is 5.34. The highest BCUT2D eigenvalue weighted by Gasteiger charge is 2.23. The van der Waals surface area contributed by atoms with Gasteiger partial charge in [-0.05, 0) is 12.3 Å². The Morgan fingerprint density at radius 1 is 1.53 bits per heavy atom. The lowest BCUT2D eigenvalue weighted by atomic mass is 9.82. The summed E-state index contributed by atoms with van der Waals surface area (Å²) in [6.45, 7) is 0.182. The zero-order chi connectivity index (χ0) is 10.8. The summed E-state index contributed by atoms with van der Waals surface area (Å²) in [6, 6.07) is 0. The standard InChI is InChI=1S/C10H16FN3O/c11-9-8(6-7-2-1-3-7)13-14(4-5-15)10(9)12/h7,15H,1-6,12H2.